The van der Waals surface area contributed by atoms with Crippen LogP contribution in [0.4, 0.5) is 0 Å². The number of thiazole rings is 1. The van der Waals surface area contributed by atoms with E-state index in [2.05, 4.69) is 15.0 Å². The molecule has 0 fully saturated rings. The van der Waals surface area contributed by atoms with E-state index in [9.17, 15) is 9.90 Å². The molecule has 100 valence electrons. The van der Waals surface area contributed by atoms with Crippen molar-refractivity contribution in [3.05, 3.63) is 33.7 Å². The minimum atomic E-state index is -0.985. The van der Waals surface area contributed by atoms with E-state index < -0.39 is 5.97 Å². The molecule has 0 radical (unpaired) electrons. The Morgan fingerprint density at radius 2 is 2.26 bits per heavy atom. The first-order valence-electron chi connectivity index (χ1n) is 5.72. The molecule has 2 aromatic heterocycles. The highest BCUT2D eigenvalue weighted by atomic mass is 32.2. The second-order valence-corrected chi connectivity index (χ2v) is 5.52. The number of rotatable bonds is 5. The third-order valence-corrected chi connectivity index (χ3v) is 4.12. The van der Waals surface area contributed by atoms with Crippen LogP contribution in [0.15, 0.2) is 15.9 Å². The number of aromatic nitrogens is 3. The second kappa shape index (κ2) is 6.12. The molecular weight excluding hydrogens is 282 g/mol. The highest BCUT2D eigenvalue weighted by Gasteiger charge is 2.18. The lowest BCUT2D eigenvalue weighted by molar-refractivity contribution is 0.0690. The molecule has 0 spiro atoms. The number of carbonyl (C=O) groups is 1. The smallest absolute Gasteiger partial charge is 0.340 e. The Morgan fingerprint density at radius 1 is 1.47 bits per heavy atom. The summed E-state index contributed by atoms with van der Waals surface area (Å²) in [6, 6.07) is 0. The highest BCUT2D eigenvalue weighted by Crippen LogP contribution is 2.26. The molecule has 0 unspecified atom stereocenters. The number of hydrogen-bond acceptors (Lipinski definition) is 6. The Hall–Kier alpha value is -1.47. The molecular formula is C12H13N3O2S2. The number of thioether (sulfide) groups is 1. The van der Waals surface area contributed by atoms with Gasteiger partial charge in [0.05, 0.1) is 16.9 Å². The summed E-state index contributed by atoms with van der Waals surface area (Å²) >= 11 is 2.91. The van der Waals surface area contributed by atoms with Crippen LogP contribution >= 0.6 is 23.1 Å². The number of carboxylic acids is 1. The minimum Gasteiger partial charge on any atom is -0.478 e. The van der Waals surface area contributed by atoms with Crippen LogP contribution in [0.2, 0.25) is 0 Å². The second-order valence-electron chi connectivity index (χ2n) is 3.83. The number of hydrogen-bond donors (Lipinski definition) is 1. The monoisotopic (exact) mass is 295 g/mol. The number of nitrogens with zero attached hydrogens (tertiary/aromatic N) is 3. The molecule has 0 aliphatic heterocycles. The van der Waals surface area contributed by atoms with Gasteiger partial charge in [-0.15, -0.1) is 11.3 Å². The van der Waals surface area contributed by atoms with Crippen molar-refractivity contribution in [2.24, 2.45) is 0 Å². The van der Waals surface area contributed by atoms with Crippen molar-refractivity contribution in [3.8, 4) is 0 Å². The molecule has 1 N–H and O–H groups in total. The summed E-state index contributed by atoms with van der Waals surface area (Å²) in [5, 5.41) is 11.7. The van der Waals surface area contributed by atoms with E-state index in [1.165, 1.54) is 23.1 Å². The van der Waals surface area contributed by atoms with E-state index in [-0.39, 0.29) is 5.56 Å². The van der Waals surface area contributed by atoms with Crippen molar-refractivity contribution < 1.29 is 9.90 Å². The Balaban J connectivity index is 2.30. The fourth-order valence-electron chi connectivity index (χ4n) is 1.56. The molecule has 0 amide bonds. The van der Waals surface area contributed by atoms with Gasteiger partial charge < -0.3 is 5.11 Å². The summed E-state index contributed by atoms with van der Waals surface area (Å²) in [5.41, 5.74) is 3.40. The topological polar surface area (TPSA) is 76.0 Å². The van der Waals surface area contributed by atoms with Crippen molar-refractivity contribution >= 4 is 29.1 Å². The summed E-state index contributed by atoms with van der Waals surface area (Å²) in [5.74, 6) is 0.299. The normalized spacial score (nSPS) is 10.6. The zero-order valence-electron chi connectivity index (χ0n) is 10.6. The zero-order chi connectivity index (χ0) is 13.8. The van der Waals surface area contributed by atoms with Crippen molar-refractivity contribution in [2.75, 3.05) is 0 Å². The lowest BCUT2D eigenvalue weighted by atomic mass is 10.2. The van der Waals surface area contributed by atoms with Gasteiger partial charge in [0.2, 0.25) is 0 Å². The van der Waals surface area contributed by atoms with Crippen LogP contribution in [-0.4, -0.2) is 26.0 Å². The van der Waals surface area contributed by atoms with Crippen molar-refractivity contribution in [2.45, 2.75) is 31.0 Å². The van der Waals surface area contributed by atoms with E-state index in [1.807, 2.05) is 12.3 Å². The number of aryl methyl sites for hydroxylation is 2. The molecule has 0 atom stereocenters. The first-order chi connectivity index (χ1) is 9.11. The Kier molecular flexibility index (Phi) is 4.49. The summed E-state index contributed by atoms with van der Waals surface area (Å²) in [6.07, 6.45) is 0.686. The maximum atomic E-state index is 11.3. The van der Waals surface area contributed by atoms with Crippen LogP contribution in [0.25, 0.3) is 0 Å². The van der Waals surface area contributed by atoms with E-state index >= 15 is 0 Å². The van der Waals surface area contributed by atoms with Crippen LogP contribution in [0.3, 0.4) is 0 Å². The third kappa shape index (κ3) is 3.30. The molecule has 0 aliphatic rings. The fourth-order valence-corrected chi connectivity index (χ4v) is 3.22. The van der Waals surface area contributed by atoms with E-state index in [1.54, 1.807) is 12.4 Å². The molecule has 0 saturated heterocycles. The first kappa shape index (κ1) is 14.0. The molecule has 0 bridgehead atoms. The van der Waals surface area contributed by atoms with Crippen LogP contribution in [0.5, 0.6) is 0 Å². The van der Waals surface area contributed by atoms with Gasteiger partial charge in [0.25, 0.3) is 0 Å². The van der Waals surface area contributed by atoms with Gasteiger partial charge in [-0.25, -0.2) is 19.7 Å². The lowest BCUT2D eigenvalue weighted by Crippen LogP contribution is -2.09. The summed E-state index contributed by atoms with van der Waals surface area (Å²) in [7, 11) is 0. The van der Waals surface area contributed by atoms with Crippen LogP contribution in [0, 0.1) is 6.92 Å². The van der Waals surface area contributed by atoms with Gasteiger partial charge in [-0.3, -0.25) is 0 Å². The Labute approximate surface area is 119 Å². The van der Waals surface area contributed by atoms with E-state index in [0.29, 0.717) is 28.7 Å². The van der Waals surface area contributed by atoms with Gasteiger partial charge in [-0.05, 0) is 6.92 Å². The maximum Gasteiger partial charge on any atom is 0.340 e. The summed E-state index contributed by atoms with van der Waals surface area (Å²) < 4.78 is 0. The van der Waals surface area contributed by atoms with Crippen LogP contribution in [-0.2, 0) is 12.2 Å². The molecule has 0 saturated carbocycles. The molecule has 2 rings (SSSR count). The lowest BCUT2D eigenvalue weighted by Gasteiger charge is -2.08. The quantitative estimate of drug-likeness (QED) is 0.675. The molecule has 0 aliphatic carbocycles. The third-order valence-electron chi connectivity index (χ3n) is 2.47. The van der Waals surface area contributed by atoms with Crippen LogP contribution in [0.1, 0.15) is 34.5 Å². The highest BCUT2D eigenvalue weighted by molar-refractivity contribution is 7.98. The largest absolute Gasteiger partial charge is 0.478 e. The van der Waals surface area contributed by atoms with Gasteiger partial charge in [0, 0.05) is 17.6 Å². The van der Waals surface area contributed by atoms with Gasteiger partial charge in [-0.2, -0.15) is 0 Å². The standard InChI is InChI=1S/C12H13N3O2S2/c1-3-9-14-7(2)10(12(16)17)11(15-9)19-5-8-4-18-6-13-8/h4,6H,3,5H2,1-2H3,(H,16,17). The van der Waals surface area contributed by atoms with Gasteiger partial charge >= 0.3 is 5.97 Å². The van der Waals surface area contributed by atoms with Gasteiger partial charge in [0.1, 0.15) is 16.4 Å². The molecule has 0 aromatic carbocycles. The average molecular weight is 295 g/mol. The number of aromatic carboxylic acids is 1. The van der Waals surface area contributed by atoms with Crippen molar-refractivity contribution in [1.29, 1.82) is 0 Å². The Morgan fingerprint density at radius 3 is 2.84 bits per heavy atom. The predicted octanol–water partition coefficient (Wildman–Crippen LogP) is 2.79. The molecule has 2 aromatic rings. The van der Waals surface area contributed by atoms with Crippen LogP contribution < -0.4 is 0 Å². The first-order valence-corrected chi connectivity index (χ1v) is 7.65. The average Bonchev–Trinajstić information content (AvgIpc) is 2.88. The van der Waals surface area contributed by atoms with Crippen molar-refractivity contribution in [3.63, 3.8) is 0 Å². The van der Waals surface area contributed by atoms with E-state index in [0.717, 1.165) is 5.69 Å². The SMILES string of the molecule is CCc1nc(C)c(C(=O)O)c(SCc2cscn2)n1. The molecule has 2 heterocycles. The van der Waals surface area contributed by atoms with E-state index in [4.69, 9.17) is 0 Å². The van der Waals surface area contributed by atoms with Gasteiger partial charge in [-0.1, -0.05) is 18.7 Å². The maximum absolute atomic E-state index is 11.3. The zero-order valence-corrected chi connectivity index (χ0v) is 12.2. The van der Waals surface area contributed by atoms with Gasteiger partial charge in [0.15, 0.2) is 0 Å². The summed E-state index contributed by atoms with van der Waals surface area (Å²) in [4.78, 5) is 24.0. The predicted molar refractivity (Wildman–Crippen MR) is 74.8 cm³/mol. The molecule has 5 nitrogen and oxygen atoms in total. The summed E-state index contributed by atoms with van der Waals surface area (Å²) in [6.45, 7) is 3.65. The minimum absolute atomic E-state index is 0.192. The molecule has 19 heavy (non-hydrogen) atoms. The molecule has 7 heteroatoms. The van der Waals surface area contributed by atoms with Crippen molar-refractivity contribution in [1.82, 2.24) is 15.0 Å². The Bertz CT molecular complexity index is 585. The fraction of sp³-hybridized carbons (Fsp3) is 0.333. The number of carboxylic acid groups (broad SMARTS) is 1.